The van der Waals surface area contributed by atoms with Crippen molar-refractivity contribution in [2.24, 2.45) is 0 Å². The number of rotatable bonds is 0. The first-order chi connectivity index (χ1) is 1.73. The van der Waals surface area contributed by atoms with Crippen molar-refractivity contribution in [3.63, 3.8) is 0 Å². The van der Waals surface area contributed by atoms with Gasteiger partial charge < -0.3 is 53.0 Å². The minimum Gasteiger partial charge on any atom is -0.372 e. The van der Waals surface area contributed by atoms with Crippen LogP contribution in [0.4, 0.5) is 0 Å². The Morgan fingerprint density at radius 2 is 0.727 bits per heavy atom. The van der Waals surface area contributed by atoms with Crippen molar-refractivity contribution in [1.29, 1.82) is 0 Å². The summed E-state index contributed by atoms with van der Waals surface area (Å²) in [6.07, 6.45) is 0. The van der Waals surface area contributed by atoms with Gasteiger partial charge in [-0.05, 0) is 4.20 Å². The molecule has 0 aliphatic heterocycles. The van der Waals surface area contributed by atoms with E-state index in [4.69, 9.17) is 12.6 Å². The summed E-state index contributed by atoms with van der Waals surface area (Å²) in [6, 6.07) is 0. The molecule has 0 aliphatic rings. The number of halogens is 1. The predicted octanol–water partition coefficient (Wildman–Crippen LogP) is -0.236. The van der Waals surface area contributed by atoms with Crippen LogP contribution in [0.1, 0.15) is 0 Å². The third-order valence-corrected chi connectivity index (χ3v) is 0. The van der Waals surface area contributed by atoms with Crippen molar-refractivity contribution in [3.05, 3.63) is 44.6 Å². The largest absolute Gasteiger partial charge is 6.00 e. The fourth-order valence-corrected chi connectivity index (χ4v) is 0. The van der Waals surface area contributed by atoms with Crippen LogP contribution in [0.2, 0.25) is 0 Å². The number of hydrogen-bond acceptors (Lipinski definition) is 3. The molecule has 1 N–H and O–H groups in total. The Kier molecular flexibility index (Phi) is 596. The van der Waals surface area contributed by atoms with Crippen LogP contribution >= 0.6 is 0 Å². The third kappa shape index (κ3) is 1080. The van der Waals surface area contributed by atoms with Crippen molar-refractivity contribution >= 4 is 0 Å². The molecule has 11 heavy (non-hydrogen) atoms. The summed E-state index contributed by atoms with van der Waals surface area (Å²) in [5.74, 6) is 0. The van der Waals surface area contributed by atoms with Crippen molar-refractivity contribution in [2.45, 2.75) is 0 Å². The van der Waals surface area contributed by atoms with Gasteiger partial charge in [0.1, 0.15) is 0 Å². The maximum atomic E-state index is 8.63. The molecule has 0 spiro atoms. The van der Waals surface area contributed by atoms with E-state index < -0.39 is 14.8 Å². The van der Waals surface area contributed by atoms with Crippen molar-refractivity contribution in [3.8, 4) is 0 Å². The summed E-state index contributed by atoms with van der Waals surface area (Å²) >= 11 is -3.40. The van der Waals surface area contributed by atoms with Gasteiger partial charge in [0.25, 0.3) is 0 Å². The Balaban J connectivity index is -0.00000000214. The Bertz CT molecular complexity index is 22.5. The van der Waals surface area contributed by atoms with Gasteiger partial charge in [0, 0.05) is 0 Å². The molecule has 0 radical (unpaired) electrons. The molecule has 0 heterocycles. The van der Waals surface area contributed by atoms with E-state index in [0.717, 1.165) is 0 Å². The van der Waals surface area contributed by atoms with Crippen LogP contribution in [0.3, 0.4) is 0 Å². The van der Waals surface area contributed by atoms with E-state index in [1.54, 1.807) is 0 Å². The first-order valence-electron chi connectivity index (χ1n) is 0.478. The molecule has 0 rings (SSSR count). The average molecular weight is 271 g/mol. The van der Waals surface area contributed by atoms with E-state index in [1.807, 2.05) is 0 Å². The van der Waals surface area contributed by atoms with Crippen LogP contribution in [0, 0.1) is 59.4 Å². The zero-order chi connectivity index (χ0) is 3.58. The van der Waals surface area contributed by atoms with Crippen LogP contribution in [0.25, 0.3) is 0 Å². The molecule has 0 aromatic heterocycles. The molecule has 0 saturated carbocycles. The second-order valence-corrected chi connectivity index (χ2v) is 1.04. The molecular weight excluding hydrogens is 252 g/mol. The molecule has 0 aromatic rings. The summed E-state index contributed by atoms with van der Waals surface area (Å²) in [5, 5.41) is 0. The molecule has 5 heteroatoms. The summed E-state index contributed by atoms with van der Waals surface area (Å²) in [6.45, 7) is 0. The standard InChI is InChI=1S/6CH3.BrHO3.Cr/c;;;;;;2-1(3)4;/h6*1H3;2H;/q6*-1;;+6. The van der Waals surface area contributed by atoms with Crippen LogP contribution in [-0.2, 0) is 17.4 Å². The van der Waals surface area contributed by atoms with E-state index in [2.05, 4.69) is 0 Å². The minimum atomic E-state index is -3.40. The fourth-order valence-electron chi connectivity index (χ4n) is 0. The Hall–Kier alpha value is 0.892. The van der Waals surface area contributed by atoms with Crippen molar-refractivity contribution in [1.82, 2.24) is 0 Å². The molecule has 3 nitrogen and oxygen atoms in total. The van der Waals surface area contributed by atoms with E-state index in [1.165, 1.54) is 0 Å². The van der Waals surface area contributed by atoms with E-state index in [-0.39, 0.29) is 61.9 Å². The molecular formula is C6H19BrCrO3. The van der Waals surface area contributed by atoms with Gasteiger partial charge in [-0.1, -0.05) is 0 Å². The average Bonchev–Trinajstić information content (AvgIpc) is 0.811. The van der Waals surface area contributed by atoms with Gasteiger partial charge >= 0.3 is 32.2 Å². The molecule has 0 atom stereocenters. The monoisotopic (exact) mass is 270 g/mol. The predicted molar refractivity (Wildman–Crippen MR) is 40.7 cm³/mol. The van der Waals surface area contributed by atoms with E-state index >= 15 is 0 Å². The van der Waals surface area contributed by atoms with Gasteiger partial charge in [-0.25, -0.2) is 0 Å². The second kappa shape index (κ2) is 70.4. The molecule has 0 aliphatic carbocycles. The van der Waals surface area contributed by atoms with Gasteiger partial charge in [-0.15, -0.1) is 0 Å². The van der Waals surface area contributed by atoms with Gasteiger partial charge in [-0.3, -0.25) is 0 Å². The maximum absolute atomic E-state index is 8.63. The summed E-state index contributed by atoms with van der Waals surface area (Å²) in [5.41, 5.74) is 0. The first kappa shape index (κ1) is 93.1. The number of hydrogen-bond donors (Lipinski definition) is 1. The maximum Gasteiger partial charge on any atom is 6.00 e. The third-order valence-electron chi connectivity index (χ3n) is 0. The Morgan fingerprint density at radius 3 is 0.727 bits per heavy atom. The van der Waals surface area contributed by atoms with Gasteiger partial charge in [0.05, 0.1) is 0 Å². The zero-order valence-corrected chi connectivity index (χ0v) is 10.9. The van der Waals surface area contributed by atoms with Crippen LogP contribution in [0.5, 0.6) is 0 Å². The Labute approximate surface area is 89.4 Å². The molecule has 0 unspecified atom stereocenters. The fraction of sp³-hybridized carbons (Fsp3) is 0. The minimum absolute atomic E-state index is 0. The first-order valence-corrected chi connectivity index (χ1v) is 2.48. The zero-order valence-electron chi connectivity index (χ0n) is 8.05. The molecule has 0 bridgehead atoms. The summed E-state index contributed by atoms with van der Waals surface area (Å²) < 4.78 is 24.3. The van der Waals surface area contributed by atoms with Gasteiger partial charge in [0.2, 0.25) is 0 Å². The van der Waals surface area contributed by atoms with Gasteiger partial charge in [0.15, 0.2) is 0 Å². The Morgan fingerprint density at radius 1 is 0.727 bits per heavy atom. The van der Waals surface area contributed by atoms with E-state index in [9.17, 15) is 0 Å². The SMILES string of the molecule is [CH3-].[CH3-].[CH3-].[CH3-].[CH3-].[CH3-].[Cr+6].[O-][Br+2]([O-])O. The van der Waals surface area contributed by atoms with Crippen molar-refractivity contribution < 1.29 is 44.8 Å². The molecule has 0 amide bonds. The topological polar surface area (TPSA) is 66.3 Å². The smallest absolute Gasteiger partial charge is 0.372 e. The quantitative estimate of drug-likeness (QED) is 0.619. The van der Waals surface area contributed by atoms with Crippen LogP contribution in [-0.4, -0.2) is 4.20 Å². The molecule has 0 aromatic carbocycles. The second-order valence-electron chi connectivity index (χ2n) is 0.201. The van der Waals surface area contributed by atoms with Crippen LogP contribution in [0.15, 0.2) is 0 Å². The van der Waals surface area contributed by atoms with Crippen LogP contribution < -0.4 is 8.40 Å². The molecule has 74 valence electrons. The molecule has 0 fully saturated rings. The van der Waals surface area contributed by atoms with Crippen molar-refractivity contribution in [2.75, 3.05) is 0 Å². The summed E-state index contributed by atoms with van der Waals surface area (Å²) in [7, 11) is 0. The molecule has 0 saturated heterocycles. The summed E-state index contributed by atoms with van der Waals surface area (Å²) in [4.78, 5) is 0. The van der Waals surface area contributed by atoms with Gasteiger partial charge in [-0.2, -0.15) is 0 Å². The normalized spacial score (nSPS) is 3.27. The van der Waals surface area contributed by atoms with E-state index in [0.29, 0.717) is 0 Å².